The van der Waals surface area contributed by atoms with Gasteiger partial charge in [-0.3, -0.25) is 0 Å². The van der Waals surface area contributed by atoms with Crippen LogP contribution in [-0.4, -0.2) is 20.3 Å². The standard InChI is InChI=1S/C17H26N4/c1-2-4-21-15(3-1)19-20-16(21)11-18-17-8-12-5-13(9-17)7-14(6-12)10-17/h12-14,18H,1-11H2. The van der Waals surface area contributed by atoms with Gasteiger partial charge in [0.2, 0.25) is 0 Å². The van der Waals surface area contributed by atoms with Gasteiger partial charge in [-0.15, -0.1) is 10.2 Å². The van der Waals surface area contributed by atoms with E-state index < -0.39 is 0 Å². The maximum absolute atomic E-state index is 4.47. The van der Waals surface area contributed by atoms with Crippen LogP contribution in [0.25, 0.3) is 0 Å². The molecule has 0 saturated heterocycles. The highest BCUT2D eigenvalue weighted by molar-refractivity contribution is 5.07. The van der Waals surface area contributed by atoms with E-state index in [1.54, 1.807) is 0 Å². The molecule has 4 aliphatic carbocycles. The smallest absolute Gasteiger partial charge is 0.147 e. The maximum Gasteiger partial charge on any atom is 0.147 e. The topological polar surface area (TPSA) is 42.7 Å². The van der Waals surface area contributed by atoms with E-state index >= 15 is 0 Å². The van der Waals surface area contributed by atoms with E-state index in [2.05, 4.69) is 20.1 Å². The average Bonchev–Trinajstić information content (AvgIpc) is 2.87. The molecule has 4 nitrogen and oxygen atoms in total. The zero-order valence-electron chi connectivity index (χ0n) is 12.9. The molecule has 5 aliphatic rings. The number of nitrogens with one attached hydrogen (secondary N) is 1. The Kier molecular flexibility index (Phi) is 2.73. The van der Waals surface area contributed by atoms with Crippen molar-refractivity contribution in [2.75, 3.05) is 0 Å². The van der Waals surface area contributed by atoms with E-state index in [0.29, 0.717) is 5.54 Å². The zero-order chi connectivity index (χ0) is 13.9. The summed E-state index contributed by atoms with van der Waals surface area (Å²) in [5.74, 6) is 5.42. The monoisotopic (exact) mass is 286 g/mol. The third-order valence-corrected chi connectivity index (χ3v) is 6.60. The summed E-state index contributed by atoms with van der Waals surface area (Å²) in [6, 6.07) is 0. The number of hydrogen-bond acceptors (Lipinski definition) is 3. The summed E-state index contributed by atoms with van der Waals surface area (Å²) >= 11 is 0. The summed E-state index contributed by atoms with van der Waals surface area (Å²) in [5, 5.41) is 12.8. The van der Waals surface area contributed by atoms with E-state index in [1.165, 1.54) is 63.0 Å². The zero-order valence-corrected chi connectivity index (χ0v) is 12.9. The minimum Gasteiger partial charge on any atom is -0.314 e. The van der Waals surface area contributed by atoms with Gasteiger partial charge in [-0.2, -0.15) is 0 Å². The SMILES string of the molecule is C1CCn2c(nnc2CNC23CC4CC(CC(C4)C2)C3)C1. The molecule has 1 N–H and O–H groups in total. The first-order chi connectivity index (χ1) is 10.3. The quantitative estimate of drug-likeness (QED) is 0.929. The van der Waals surface area contributed by atoms with E-state index in [1.807, 2.05) is 0 Å². The summed E-state index contributed by atoms with van der Waals surface area (Å²) < 4.78 is 2.37. The summed E-state index contributed by atoms with van der Waals surface area (Å²) in [5.41, 5.74) is 0.440. The van der Waals surface area contributed by atoms with Gasteiger partial charge in [-0.05, 0) is 69.1 Å². The van der Waals surface area contributed by atoms with Crippen LogP contribution in [0.3, 0.4) is 0 Å². The van der Waals surface area contributed by atoms with Crippen molar-refractivity contribution in [3.05, 3.63) is 11.6 Å². The van der Waals surface area contributed by atoms with Crippen LogP contribution in [0.1, 0.15) is 63.0 Å². The van der Waals surface area contributed by atoms with Crippen molar-refractivity contribution >= 4 is 0 Å². The van der Waals surface area contributed by atoms with Crippen LogP contribution in [0.2, 0.25) is 0 Å². The molecule has 0 spiro atoms. The second-order valence-corrected chi connectivity index (χ2v) is 8.19. The molecule has 6 rings (SSSR count). The lowest BCUT2D eigenvalue weighted by atomic mass is 9.53. The Bertz CT molecular complexity index is 512. The van der Waals surface area contributed by atoms with Crippen LogP contribution in [0, 0.1) is 17.8 Å². The minimum absolute atomic E-state index is 0.440. The largest absolute Gasteiger partial charge is 0.314 e. The molecule has 0 unspecified atom stereocenters. The third-order valence-electron chi connectivity index (χ3n) is 6.60. The van der Waals surface area contributed by atoms with Gasteiger partial charge in [0.1, 0.15) is 11.6 Å². The van der Waals surface area contributed by atoms with Gasteiger partial charge in [0.05, 0.1) is 6.54 Å². The third kappa shape index (κ3) is 2.06. The van der Waals surface area contributed by atoms with Crippen molar-refractivity contribution in [1.82, 2.24) is 20.1 Å². The normalized spacial score (nSPS) is 40.5. The van der Waals surface area contributed by atoms with Crippen molar-refractivity contribution in [2.45, 2.75) is 76.4 Å². The number of fused-ring (bicyclic) bond motifs is 1. The number of nitrogens with zero attached hydrogens (tertiary/aromatic N) is 3. The summed E-state index contributed by atoms with van der Waals surface area (Å²) in [4.78, 5) is 0. The molecule has 4 saturated carbocycles. The van der Waals surface area contributed by atoms with E-state index in [9.17, 15) is 0 Å². The fourth-order valence-corrected chi connectivity index (χ4v) is 6.09. The minimum atomic E-state index is 0.440. The summed E-state index contributed by atoms with van der Waals surface area (Å²) in [6.45, 7) is 2.05. The van der Waals surface area contributed by atoms with Gasteiger partial charge >= 0.3 is 0 Å². The molecule has 1 aliphatic heterocycles. The maximum atomic E-state index is 4.47. The summed E-state index contributed by atoms with van der Waals surface area (Å²) in [6.07, 6.45) is 12.5. The molecular weight excluding hydrogens is 260 g/mol. The van der Waals surface area contributed by atoms with Crippen LogP contribution in [0.15, 0.2) is 0 Å². The number of aryl methyl sites for hydroxylation is 1. The molecule has 0 amide bonds. The van der Waals surface area contributed by atoms with Crippen molar-refractivity contribution < 1.29 is 0 Å². The summed E-state index contributed by atoms with van der Waals surface area (Å²) in [7, 11) is 0. The highest BCUT2D eigenvalue weighted by Gasteiger charge is 2.50. The van der Waals surface area contributed by atoms with Crippen molar-refractivity contribution in [3.8, 4) is 0 Å². The van der Waals surface area contributed by atoms with Crippen molar-refractivity contribution in [2.24, 2.45) is 17.8 Å². The highest BCUT2D eigenvalue weighted by atomic mass is 15.3. The molecule has 0 aromatic carbocycles. The van der Waals surface area contributed by atoms with Crippen molar-refractivity contribution in [3.63, 3.8) is 0 Å². The first-order valence-corrected chi connectivity index (χ1v) is 8.96. The first kappa shape index (κ1) is 12.6. The van der Waals surface area contributed by atoms with Gasteiger partial charge in [0.15, 0.2) is 0 Å². The Morgan fingerprint density at radius 2 is 1.71 bits per heavy atom. The van der Waals surface area contributed by atoms with Gasteiger partial charge in [-0.25, -0.2) is 0 Å². The average molecular weight is 286 g/mol. The van der Waals surface area contributed by atoms with Gasteiger partial charge in [0, 0.05) is 18.5 Å². The van der Waals surface area contributed by atoms with Gasteiger partial charge < -0.3 is 9.88 Å². The predicted molar refractivity (Wildman–Crippen MR) is 80.7 cm³/mol. The molecule has 2 heterocycles. The van der Waals surface area contributed by atoms with Crippen LogP contribution in [0.4, 0.5) is 0 Å². The Hall–Kier alpha value is -0.900. The van der Waals surface area contributed by atoms with E-state index in [-0.39, 0.29) is 0 Å². The van der Waals surface area contributed by atoms with Crippen LogP contribution in [-0.2, 0) is 19.5 Å². The first-order valence-electron chi connectivity index (χ1n) is 8.96. The highest BCUT2D eigenvalue weighted by Crippen LogP contribution is 2.55. The Morgan fingerprint density at radius 1 is 1.00 bits per heavy atom. The molecular formula is C17H26N4. The second kappa shape index (κ2) is 4.55. The van der Waals surface area contributed by atoms with E-state index in [4.69, 9.17) is 0 Å². The van der Waals surface area contributed by atoms with Crippen molar-refractivity contribution in [1.29, 1.82) is 0 Å². The Morgan fingerprint density at radius 3 is 2.43 bits per heavy atom. The van der Waals surface area contributed by atoms with Gasteiger partial charge in [0.25, 0.3) is 0 Å². The fourth-order valence-electron chi connectivity index (χ4n) is 6.09. The lowest BCUT2D eigenvalue weighted by Gasteiger charge is -2.57. The molecule has 4 bridgehead atoms. The van der Waals surface area contributed by atoms with Gasteiger partial charge in [-0.1, -0.05) is 0 Å². The molecule has 1 aromatic heterocycles. The molecule has 1 aromatic rings. The molecule has 4 heteroatoms. The molecule has 4 fully saturated rings. The molecule has 21 heavy (non-hydrogen) atoms. The van der Waals surface area contributed by atoms with Crippen LogP contribution in [0.5, 0.6) is 0 Å². The lowest BCUT2D eigenvalue weighted by Crippen LogP contribution is -2.58. The van der Waals surface area contributed by atoms with E-state index in [0.717, 1.165) is 37.3 Å². The molecule has 0 radical (unpaired) electrons. The molecule has 0 atom stereocenters. The van der Waals surface area contributed by atoms with Crippen LogP contribution >= 0.6 is 0 Å². The van der Waals surface area contributed by atoms with Crippen LogP contribution < -0.4 is 5.32 Å². The Labute approximate surface area is 126 Å². The number of hydrogen-bond donors (Lipinski definition) is 1. The predicted octanol–water partition coefficient (Wildman–Crippen LogP) is 2.67. The Balaban J connectivity index is 1.33. The lowest BCUT2D eigenvalue weighted by molar-refractivity contribution is -0.0210. The number of aromatic nitrogens is 3. The second-order valence-electron chi connectivity index (χ2n) is 8.19. The molecule has 114 valence electrons. The fraction of sp³-hybridized carbons (Fsp3) is 0.882. The number of rotatable bonds is 3.